The topological polar surface area (TPSA) is 43.4 Å². The molecule has 0 aliphatic carbocycles. The summed E-state index contributed by atoms with van der Waals surface area (Å²) in [6.45, 7) is 0.547. The first-order chi connectivity index (χ1) is 11.6. The fourth-order valence-electron chi connectivity index (χ4n) is 3.58. The molecule has 2 heterocycles. The van der Waals surface area contributed by atoms with Crippen molar-refractivity contribution in [2.24, 2.45) is 0 Å². The Morgan fingerprint density at radius 1 is 0.958 bits per heavy atom. The Morgan fingerprint density at radius 3 is 2.42 bits per heavy atom. The van der Waals surface area contributed by atoms with Crippen LogP contribution in [0, 0.1) is 0 Å². The standard InChI is InChI=1S/C20H20O3S/c21-24(22)19-10-11-20(24)13-17(12-19)16-6-8-18(9-7-16)23-14-15-4-2-1-3-5-15/h1-9,12,19-20H,10-11,13-14H2. The van der Waals surface area contributed by atoms with E-state index in [1.165, 1.54) is 0 Å². The van der Waals surface area contributed by atoms with Crippen molar-refractivity contribution in [3.8, 4) is 5.75 Å². The lowest BCUT2D eigenvalue weighted by atomic mass is 10.0. The Morgan fingerprint density at radius 2 is 1.71 bits per heavy atom. The number of rotatable bonds is 4. The highest BCUT2D eigenvalue weighted by atomic mass is 32.2. The van der Waals surface area contributed by atoms with E-state index >= 15 is 0 Å². The fourth-order valence-corrected chi connectivity index (χ4v) is 5.77. The van der Waals surface area contributed by atoms with E-state index in [0.717, 1.165) is 35.3 Å². The lowest BCUT2D eigenvalue weighted by molar-refractivity contribution is 0.306. The number of allylic oxidation sites excluding steroid dienone is 1. The van der Waals surface area contributed by atoms with Gasteiger partial charge in [0.05, 0.1) is 10.5 Å². The van der Waals surface area contributed by atoms with Crippen LogP contribution in [-0.4, -0.2) is 18.9 Å². The highest BCUT2D eigenvalue weighted by molar-refractivity contribution is 7.93. The third-order valence-electron chi connectivity index (χ3n) is 4.97. The van der Waals surface area contributed by atoms with Gasteiger partial charge in [-0.2, -0.15) is 0 Å². The average Bonchev–Trinajstić information content (AvgIpc) is 2.80. The molecule has 2 bridgehead atoms. The first-order valence-electron chi connectivity index (χ1n) is 8.33. The molecule has 2 aliphatic rings. The van der Waals surface area contributed by atoms with Gasteiger partial charge in [-0.3, -0.25) is 0 Å². The fraction of sp³-hybridized carbons (Fsp3) is 0.300. The maximum atomic E-state index is 12.2. The Labute approximate surface area is 142 Å². The number of hydrogen-bond acceptors (Lipinski definition) is 3. The quantitative estimate of drug-likeness (QED) is 0.845. The van der Waals surface area contributed by atoms with Gasteiger partial charge in [0.15, 0.2) is 9.84 Å². The summed E-state index contributed by atoms with van der Waals surface area (Å²) >= 11 is 0. The molecule has 24 heavy (non-hydrogen) atoms. The van der Waals surface area contributed by atoms with Crippen LogP contribution in [0.4, 0.5) is 0 Å². The van der Waals surface area contributed by atoms with Crippen LogP contribution < -0.4 is 4.74 Å². The predicted molar refractivity (Wildman–Crippen MR) is 95.5 cm³/mol. The van der Waals surface area contributed by atoms with E-state index in [0.29, 0.717) is 13.0 Å². The van der Waals surface area contributed by atoms with Gasteiger partial charge < -0.3 is 4.74 Å². The molecular weight excluding hydrogens is 320 g/mol. The van der Waals surface area contributed by atoms with Crippen LogP contribution >= 0.6 is 0 Å². The largest absolute Gasteiger partial charge is 0.489 e. The molecule has 0 spiro atoms. The van der Waals surface area contributed by atoms with Crippen LogP contribution in [0.1, 0.15) is 30.4 Å². The second kappa shape index (κ2) is 6.10. The highest BCUT2D eigenvalue weighted by Gasteiger charge is 2.43. The van der Waals surface area contributed by atoms with Crippen LogP contribution in [0.25, 0.3) is 5.57 Å². The molecule has 1 fully saturated rings. The van der Waals surface area contributed by atoms with Gasteiger partial charge in [-0.15, -0.1) is 0 Å². The second-order valence-electron chi connectivity index (χ2n) is 6.52. The lowest BCUT2D eigenvalue weighted by Crippen LogP contribution is -2.26. The molecule has 1 saturated heterocycles. The first kappa shape index (κ1) is 15.5. The summed E-state index contributed by atoms with van der Waals surface area (Å²) in [6, 6.07) is 18.1. The van der Waals surface area contributed by atoms with Crippen LogP contribution in [0.5, 0.6) is 5.75 Å². The van der Waals surface area contributed by atoms with Gasteiger partial charge in [-0.1, -0.05) is 48.5 Å². The van der Waals surface area contributed by atoms with Crippen molar-refractivity contribution in [2.75, 3.05) is 0 Å². The van der Waals surface area contributed by atoms with Gasteiger partial charge in [0, 0.05) is 0 Å². The van der Waals surface area contributed by atoms with E-state index in [1.54, 1.807) is 0 Å². The number of benzene rings is 2. The Bertz CT molecular complexity index is 852. The van der Waals surface area contributed by atoms with Gasteiger partial charge in [0.2, 0.25) is 0 Å². The smallest absolute Gasteiger partial charge is 0.159 e. The monoisotopic (exact) mass is 340 g/mol. The average molecular weight is 340 g/mol. The third kappa shape index (κ3) is 2.86. The van der Waals surface area contributed by atoms with E-state index in [2.05, 4.69) is 0 Å². The maximum Gasteiger partial charge on any atom is 0.159 e. The molecule has 4 rings (SSSR count). The Balaban J connectivity index is 1.47. The first-order valence-corrected chi connectivity index (χ1v) is 9.94. The minimum absolute atomic E-state index is 0.184. The van der Waals surface area contributed by atoms with E-state index in [-0.39, 0.29) is 10.5 Å². The summed E-state index contributed by atoms with van der Waals surface area (Å²) < 4.78 is 30.1. The van der Waals surface area contributed by atoms with E-state index in [9.17, 15) is 8.42 Å². The van der Waals surface area contributed by atoms with Crippen LogP contribution in [0.3, 0.4) is 0 Å². The molecule has 0 N–H and O–H groups in total. The molecule has 0 aromatic heterocycles. The van der Waals surface area contributed by atoms with Gasteiger partial charge in [0.1, 0.15) is 12.4 Å². The summed E-state index contributed by atoms with van der Waals surface area (Å²) in [5.74, 6) is 0.828. The van der Waals surface area contributed by atoms with Crippen molar-refractivity contribution in [3.05, 3.63) is 71.8 Å². The normalized spacial score (nSPS) is 24.4. The van der Waals surface area contributed by atoms with Crippen LogP contribution in [-0.2, 0) is 16.4 Å². The molecule has 2 aromatic rings. The molecule has 3 nitrogen and oxygen atoms in total. The number of ether oxygens (including phenoxy) is 1. The number of fused-ring (bicyclic) bond motifs is 2. The zero-order valence-electron chi connectivity index (χ0n) is 13.4. The molecule has 2 aromatic carbocycles. The SMILES string of the molecule is O=S1(=O)C2C=C(c3ccc(OCc4ccccc4)cc3)CC1CC2. The Kier molecular flexibility index (Phi) is 3.93. The van der Waals surface area contributed by atoms with Crippen LogP contribution in [0.2, 0.25) is 0 Å². The minimum atomic E-state index is -2.92. The Hall–Kier alpha value is -2.07. The second-order valence-corrected chi connectivity index (χ2v) is 8.97. The van der Waals surface area contributed by atoms with Crippen molar-refractivity contribution in [3.63, 3.8) is 0 Å². The van der Waals surface area contributed by atoms with Gasteiger partial charge in [-0.25, -0.2) is 8.42 Å². The van der Waals surface area contributed by atoms with Crippen molar-refractivity contribution in [1.82, 2.24) is 0 Å². The minimum Gasteiger partial charge on any atom is -0.489 e. The zero-order chi connectivity index (χ0) is 16.6. The maximum absolute atomic E-state index is 12.2. The van der Waals surface area contributed by atoms with E-state index in [4.69, 9.17) is 4.74 Å². The predicted octanol–water partition coefficient (Wildman–Crippen LogP) is 4.00. The molecule has 2 unspecified atom stereocenters. The van der Waals surface area contributed by atoms with Gasteiger partial charge in [-0.05, 0) is 48.1 Å². The summed E-state index contributed by atoms with van der Waals surface area (Å²) in [7, 11) is -2.92. The summed E-state index contributed by atoms with van der Waals surface area (Å²) in [5.41, 5.74) is 3.40. The summed E-state index contributed by atoms with van der Waals surface area (Å²) in [5, 5.41) is -0.461. The van der Waals surface area contributed by atoms with Gasteiger partial charge >= 0.3 is 0 Å². The van der Waals surface area contributed by atoms with Crippen molar-refractivity contribution in [2.45, 2.75) is 36.4 Å². The van der Waals surface area contributed by atoms with Crippen molar-refractivity contribution >= 4 is 15.4 Å². The number of sulfone groups is 1. The van der Waals surface area contributed by atoms with Gasteiger partial charge in [0.25, 0.3) is 0 Å². The zero-order valence-corrected chi connectivity index (χ0v) is 14.2. The molecule has 2 aliphatic heterocycles. The third-order valence-corrected chi connectivity index (χ3v) is 7.52. The summed E-state index contributed by atoms with van der Waals surface area (Å²) in [6.07, 6.45) is 4.17. The molecule has 0 radical (unpaired) electrons. The molecule has 0 amide bonds. The number of hydrogen-bond donors (Lipinski definition) is 0. The lowest BCUT2D eigenvalue weighted by Gasteiger charge is -2.20. The van der Waals surface area contributed by atoms with Crippen molar-refractivity contribution in [1.29, 1.82) is 0 Å². The molecule has 124 valence electrons. The molecule has 2 atom stereocenters. The molecular formula is C20H20O3S. The highest BCUT2D eigenvalue weighted by Crippen LogP contribution is 2.40. The van der Waals surface area contributed by atoms with E-state index < -0.39 is 9.84 Å². The molecule has 4 heteroatoms. The molecule has 0 saturated carbocycles. The van der Waals surface area contributed by atoms with Crippen LogP contribution in [0.15, 0.2) is 60.7 Å². The summed E-state index contributed by atoms with van der Waals surface area (Å²) in [4.78, 5) is 0. The van der Waals surface area contributed by atoms with E-state index in [1.807, 2.05) is 60.7 Å². The van der Waals surface area contributed by atoms with Crippen molar-refractivity contribution < 1.29 is 13.2 Å².